The first-order chi connectivity index (χ1) is 8.74. The molecule has 1 aromatic carbocycles. The highest BCUT2D eigenvalue weighted by molar-refractivity contribution is 14.1. The van der Waals surface area contributed by atoms with E-state index in [1.807, 2.05) is 22.6 Å². The third-order valence-electron chi connectivity index (χ3n) is 2.20. The number of carbonyl (C=O) groups excluding carboxylic acids is 1. The van der Waals surface area contributed by atoms with Gasteiger partial charge in [-0.3, -0.25) is 4.79 Å². The molecule has 0 fully saturated rings. The number of phenols is 1. The predicted molar refractivity (Wildman–Crippen MR) is 73.5 cm³/mol. The molecule has 0 aliphatic heterocycles. The number of hydrogen-bond acceptors (Lipinski definition) is 2. The number of benzene rings is 1. The van der Waals surface area contributed by atoms with Crippen molar-refractivity contribution >= 4 is 40.1 Å². The van der Waals surface area contributed by atoms with E-state index in [0.29, 0.717) is 8.47 Å². The van der Waals surface area contributed by atoms with Crippen LogP contribution in [0.2, 0.25) is 0 Å². The zero-order chi connectivity index (χ0) is 14.6. The lowest BCUT2D eigenvalue weighted by Gasteiger charge is -2.23. The first-order valence-electron chi connectivity index (χ1n) is 5.15. The molecule has 0 aromatic heterocycles. The van der Waals surface area contributed by atoms with E-state index in [-0.39, 0.29) is 23.7 Å². The van der Waals surface area contributed by atoms with Crippen molar-refractivity contribution in [2.75, 3.05) is 19.0 Å². The third-order valence-corrected chi connectivity index (χ3v) is 3.04. The average Bonchev–Trinajstić information content (AvgIpc) is 2.29. The fourth-order valence-corrected chi connectivity index (χ4v) is 2.12. The molecule has 1 rings (SSSR count). The summed E-state index contributed by atoms with van der Waals surface area (Å²) in [5, 5.41) is 9.56. The van der Waals surface area contributed by atoms with E-state index in [4.69, 9.17) is 11.6 Å². The minimum Gasteiger partial charge on any atom is -0.507 e. The lowest BCUT2D eigenvalue weighted by atomic mass is 10.1. The Morgan fingerprint density at radius 3 is 2.58 bits per heavy atom. The summed E-state index contributed by atoms with van der Waals surface area (Å²) in [6.07, 6.45) is -4.51. The van der Waals surface area contributed by atoms with Gasteiger partial charge in [0.25, 0.3) is 5.91 Å². The van der Waals surface area contributed by atoms with E-state index in [9.17, 15) is 23.1 Å². The molecule has 0 spiro atoms. The van der Waals surface area contributed by atoms with Crippen molar-refractivity contribution in [1.29, 1.82) is 0 Å². The molecule has 0 aliphatic rings. The van der Waals surface area contributed by atoms with Gasteiger partial charge in [-0.15, -0.1) is 11.6 Å². The van der Waals surface area contributed by atoms with Crippen LogP contribution in [-0.2, 0) is 0 Å². The van der Waals surface area contributed by atoms with E-state index < -0.39 is 18.6 Å². The Morgan fingerprint density at radius 2 is 2.05 bits per heavy atom. The Hall–Kier alpha value is -0.700. The highest BCUT2D eigenvalue weighted by Gasteiger charge is 2.33. The standard InChI is InChI=1S/C11H10ClF3INO2/c12-3-4-17(6-11(13,14)15)10(19)8-5-7(16)1-2-9(8)18/h1-2,5,18H,3-4,6H2. The summed E-state index contributed by atoms with van der Waals surface area (Å²) in [6.45, 7) is -1.64. The molecular formula is C11H10ClF3INO2. The second kappa shape index (κ2) is 6.65. The van der Waals surface area contributed by atoms with Gasteiger partial charge in [0.05, 0.1) is 5.56 Å². The topological polar surface area (TPSA) is 40.5 Å². The Balaban J connectivity index is 3.02. The molecule has 0 saturated carbocycles. The third kappa shape index (κ3) is 5.06. The molecule has 1 amide bonds. The van der Waals surface area contributed by atoms with Crippen molar-refractivity contribution in [2.24, 2.45) is 0 Å². The number of alkyl halides is 4. The number of aromatic hydroxyl groups is 1. The maximum atomic E-state index is 12.4. The summed E-state index contributed by atoms with van der Waals surface area (Å²) >= 11 is 7.30. The maximum absolute atomic E-state index is 12.4. The number of halogens is 5. The molecule has 1 N–H and O–H groups in total. The minimum absolute atomic E-state index is 0.119. The van der Waals surface area contributed by atoms with E-state index >= 15 is 0 Å². The Bertz CT molecular complexity index is 468. The summed E-state index contributed by atoms with van der Waals surface area (Å²) in [7, 11) is 0. The van der Waals surface area contributed by atoms with Crippen molar-refractivity contribution < 1.29 is 23.1 Å². The number of carbonyl (C=O) groups is 1. The van der Waals surface area contributed by atoms with E-state index in [0.717, 1.165) is 0 Å². The largest absolute Gasteiger partial charge is 0.507 e. The summed E-state index contributed by atoms with van der Waals surface area (Å²) in [6, 6.07) is 4.14. The lowest BCUT2D eigenvalue weighted by molar-refractivity contribution is -0.140. The second-order valence-electron chi connectivity index (χ2n) is 3.69. The van der Waals surface area contributed by atoms with Crippen LogP contribution in [0.4, 0.5) is 13.2 Å². The lowest BCUT2D eigenvalue weighted by Crippen LogP contribution is -2.40. The number of hydrogen-bond donors (Lipinski definition) is 1. The van der Waals surface area contributed by atoms with Gasteiger partial charge in [-0.2, -0.15) is 13.2 Å². The molecule has 0 aliphatic carbocycles. The van der Waals surface area contributed by atoms with Crippen LogP contribution in [0.1, 0.15) is 10.4 Å². The minimum atomic E-state index is -4.51. The van der Waals surface area contributed by atoms with Crippen molar-refractivity contribution in [2.45, 2.75) is 6.18 Å². The van der Waals surface area contributed by atoms with Crippen LogP contribution in [-0.4, -0.2) is 41.1 Å². The van der Waals surface area contributed by atoms with Gasteiger partial charge in [-0.25, -0.2) is 0 Å². The average molecular weight is 408 g/mol. The molecule has 19 heavy (non-hydrogen) atoms. The Morgan fingerprint density at radius 1 is 1.42 bits per heavy atom. The van der Waals surface area contributed by atoms with Crippen LogP contribution in [0.25, 0.3) is 0 Å². The van der Waals surface area contributed by atoms with Gasteiger partial charge >= 0.3 is 6.18 Å². The van der Waals surface area contributed by atoms with Crippen LogP contribution in [0, 0.1) is 3.57 Å². The van der Waals surface area contributed by atoms with Gasteiger partial charge < -0.3 is 10.0 Å². The van der Waals surface area contributed by atoms with Gasteiger partial charge in [-0.05, 0) is 40.8 Å². The van der Waals surface area contributed by atoms with Crippen LogP contribution in [0.5, 0.6) is 5.75 Å². The fraction of sp³-hybridized carbons (Fsp3) is 0.364. The molecule has 3 nitrogen and oxygen atoms in total. The highest BCUT2D eigenvalue weighted by atomic mass is 127. The van der Waals surface area contributed by atoms with E-state index in [1.54, 1.807) is 6.07 Å². The summed E-state index contributed by atoms with van der Waals surface area (Å²) in [5.74, 6) is -1.37. The van der Waals surface area contributed by atoms with E-state index in [2.05, 4.69) is 0 Å². The Kier molecular flexibility index (Phi) is 5.72. The Labute approximate surface area is 126 Å². The van der Waals surface area contributed by atoms with Gasteiger partial charge in [0, 0.05) is 16.0 Å². The number of nitrogens with zero attached hydrogens (tertiary/aromatic N) is 1. The molecule has 0 saturated heterocycles. The quantitative estimate of drug-likeness (QED) is 0.615. The second-order valence-corrected chi connectivity index (χ2v) is 5.32. The fourth-order valence-electron chi connectivity index (χ4n) is 1.42. The molecule has 1 aromatic rings. The summed E-state index contributed by atoms with van der Waals surface area (Å²) < 4.78 is 37.8. The maximum Gasteiger partial charge on any atom is 0.406 e. The monoisotopic (exact) mass is 407 g/mol. The summed E-state index contributed by atoms with van der Waals surface area (Å²) in [4.78, 5) is 12.6. The van der Waals surface area contributed by atoms with Gasteiger partial charge in [0.1, 0.15) is 12.3 Å². The molecule has 0 heterocycles. The molecule has 106 valence electrons. The zero-order valence-corrected chi connectivity index (χ0v) is 12.5. The van der Waals surface area contributed by atoms with Crippen molar-refractivity contribution in [3.05, 3.63) is 27.3 Å². The van der Waals surface area contributed by atoms with Crippen LogP contribution < -0.4 is 0 Å². The van der Waals surface area contributed by atoms with Crippen molar-refractivity contribution in [1.82, 2.24) is 4.90 Å². The van der Waals surface area contributed by atoms with Gasteiger partial charge in [0.15, 0.2) is 0 Å². The summed E-state index contributed by atoms with van der Waals surface area (Å²) in [5.41, 5.74) is -0.165. The first-order valence-corrected chi connectivity index (χ1v) is 6.76. The molecule has 0 unspecified atom stereocenters. The van der Waals surface area contributed by atoms with Gasteiger partial charge in [-0.1, -0.05) is 0 Å². The highest BCUT2D eigenvalue weighted by Crippen LogP contribution is 2.24. The molecule has 8 heteroatoms. The van der Waals surface area contributed by atoms with Crippen molar-refractivity contribution in [3.8, 4) is 5.75 Å². The first kappa shape index (κ1) is 16.4. The molecular weight excluding hydrogens is 397 g/mol. The van der Waals surface area contributed by atoms with Gasteiger partial charge in [0.2, 0.25) is 0 Å². The SMILES string of the molecule is O=C(c1cc(I)ccc1O)N(CCCl)CC(F)(F)F. The molecule has 0 radical (unpaired) electrons. The zero-order valence-electron chi connectivity index (χ0n) is 9.55. The van der Waals surface area contributed by atoms with Crippen LogP contribution >= 0.6 is 34.2 Å². The molecule has 0 atom stereocenters. The number of rotatable bonds is 4. The number of phenolic OH excluding ortho intramolecular Hbond substituents is 1. The normalized spacial score (nSPS) is 11.4. The van der Waals surface area contributed by atoms with Crippen molar-refractivity contribution in [3.63, 3.8) is 0 Å². The van der Waals surface area contributed by atoms with E-state index in [1.165, 1.54) is 12.1 Å². The molecule has 0 bridgehead atoms. The number of amides is 1. The smallest absolute Gasteiger partial charge is 0.406 e. The van der Waals surface area contributed by atoms with Crippen LogP contribution in [0.15, 0.2) is 18.2 Å². The van der Waals surface area contributed by atoms with Crippen LogP contribution in [0.3, 0.4) is 0 Å². The predicted octanol–water partition coefficient (Wildman–Crippen LogP) is 3.24.